The minimum absolute atomic E-state index is 0.0831. The van der Waals surface area contributed by atoms with E-state index in [9.17, 15) is 4.79 Å². The topological polar surface area (TPSA) is 87.0 Å². The lowest BCUT2D eigenvalue weighted by atomic mass is 9.99. The van der Waals surface area contributed by atoms with Crippen molar-refractivity contribution in [1.29, 1.82) is 0 Å². The Labute approximate surface area is 129 Å². The summed E-state index contributed by atoms with van der Waals surface area (Å²) >= 11 is 0. The Balaban J connectivity index is 1.77. The highest BCUT2D eigenvalue weighted by molar-refractivity contribution is 5.87. The minimum atomic E-state index is -0.444. The van der Waals surface area contributed by atoms with Gasteiger partial charge in [-0.15, -0.1) is 0 Å². The van der Waals surface area contributed by atoms with Crippen molar-refractivity contribution >= 4 is 16.8 Å². The quantitative estimate of drug-likeness (QED) is 0.717. The van der Waals surface area contributed by atoms with Crippen molar-refractivity contribution < 1.29 is 4.79 Å². The van der Waals surface area contributed by atoms with Crippen LogP contribution in [0.3, 0.4) is 0 Å². The number of hydrogen-bond acceptors (Lipinski definition) is 4. The molecule has 0 bridgehead atoms. The number of amides is 1. The zero-order chi connectivity index (χ0) is 15.1. The van der Waals surface area contributed by atoms with Gasteiger partial charge in [-0.3, -0.25) is 9.89 Å². The number of nitrogens with two attached hydrogens (primary N) is 1. The Hall–Kier alpha value is -1.92. The zero-order valence-corrected chi connectivity index (χ0v) is 12.5. The van der Waals surface area contributed by atoms with E-state index in [2.05, 4.69) is 21.6 Å². The van der Waals surface area contributed by atoms with Crippen molar-refractivity contribution in [3.05, 3.63) is 29.5 Å². The van der Waals surface area contributed by atoms with Gasteiger partial charge < -0.3 is 16.0 Å². The second kappa shape index (κ2) is 5.37. The molecule has 0 unspecified atom stereocenters. The van der Waals surface area contributed by atoms with E-state index in [-0.39, 0.29) is 11.9 Å². The molecule has 1 aromatic heterocycles. The molecule has 3 heterocycles. The number of aromatic amines is 1. The number of hydrogen-bond donors (Lipinski definition) is 3. The highest BCUT2D eigenvalue weighted by Crippen LogP contribution is 2.28. The zero-order valence-electron chi connectivity index (χ0n) is 12.5. The minimum Gasteiger partial charge on any atom is -0.334 e. The largest absolute Gasteiger partial charge is 0.334 e. The predicted octanol–water partition coefficient (Wildman–Crippen LogP) is 0.527. The first kappa shape index (κ1) is 13.7. The molecule has 6 heteroatoms. The van der Waals surface area contributed by atoms with Gasteiger partial charge >= 0.3 is 0 Å². The van der Waals surface area contributed by atoms with Crippen LogP contribution in [0.1, 0.15) is 24.0 Å². The maximum atomic E-state index is 12.7. The number of H-pyrrole nitrogens is 1. The number of piperidine rings is 1. The maximum Gasteiger partial charge on any atom is 0.240 e. The fourth-order valence-corrected chi connectivity index (χ4v) is 3.71. The van der Waals surface area contributed by atoms with Crippen LogP contribution >= 0.6 is 0 Å². The molecule has 1 atom stereocenters. The number of nitrogens with zero attached hydrogens (tertiary/aromatic N) is 2. The van der Waals surface area contributed by atoms with Crippen LogP contribution in [-0.2, 0) is 17.8 Å². The van der Waals surface area contributed by atoms with Crippen molar-refractivity contribution in [2.45, 2.75) is 37.9 Å². The van der Waals surface area contributed by atoms with E-state index >= 15 is 0 Å². The molecule has 4 N–H and O–H groups in total. The standard InChI is InChI=1S/C16H21N5O/c17-14-7-10-1-2-15-12(8-19-20-15)13(10)9-21(16(14)22)11-3-5-18-6-4-11/h1-2,8,11,14,18H,3-7,9,17H2,(H,19,20)/t14-/m1/s1. The lowest BCUT2D eigenvalue weighted by Gasteiger charge is -2.35. The van der Waals surface area contributed by atoms with E-state index in [1.807, 2.05) is 17.2 Å². The molecule has 0 saturated carbocycles. The van der Waals surface area contributed by atoms with Crippen LogP contribution in [0.4, 0.5) is 0 Å². The molecule has 1 aromatic carbocycles. The number of aromatic nitrogens is 2. The van der Waals surface area contributed by atoms with Gasteiger partial charge in [0.15, 0.2) is 0 Å². The third kappa shape index (κ3) is 2.19. The van der Waals surface area contributed by atoms with E-state index < -0.39 is 6.04 Å². The number of nitrogens with one attached hydrogen (secondary N) is 2. The first-order valence-corrected chi connectivity index (χ1v) is 7.94. The summed E-state index contributed by atoms with van der Waals surface area (Å²) in [5.41, 5.74) is 9.57. The maximum absolute atomic E-state index is 12.7. The van der Waals surface area contributed by atoms with Crippen molar-refractivity contribution in [1.82, 2.24) is 20.4 Å². The summed E-state index contributed by atoms with van der Waals surface area (Å²) < 4.78 is 0. The van der Waals surface area contributed by atoms with Gasteiger partial charge in [0.25, 0.3) is 0 Å². The molecule has 0 radical (unpaired) electrons. The average Bonchev–Trinajstić information content (AvgIpc) is 2.98. The van der Waals surface area contributed by atoms with Gasteiger partial charge in [0, 0.05) is 18.0 Å². The van der Waals surface area contributed by atoms with Crippen LogP contribution in [0.25, 0.3) is 10.9 Å². The van der Waals surface area contributed by atoms with Crippen LogP contribution in [0.2, 0.25) is 0 Å². The molecule has 4 rings (SSSR count). The summed E-state index contributed by atoms with van der Waals surface area (Å²) in [5.74, 6) is 0.0831. The van der Waals surface area contributed by atoms with Gasteiger partial charge in [0.05, 0.1) is 17.8 Å². The monoisotopic (exact) mass is 299 g/mol. The second-order valence-electron chi connectivity index (χ2n) is 6.29. The van der Waals surface area contributed by atoms with Crippen molar-refractivity contribution in [2.75, 3.05) is 13.1 Å². The van der Waals surface area contributed by atoms with E-state index in [1.165, 1.54) is 11.1 Å². The molecular formula is C16H21N5O. The van der Waals surface area contributed by atoms with Crippen molar-refractivity contribution in [2.24, 2.45) is 5.73 Å². The molecule has 2 aliphatic rings. The third-order valence-corrected chi connectivity index (χ3v) is 4.95. The fraction of sp³-hybridized carbons (Fsp3) is 0.500. The molecule has 1 saturated heterocycles. The van der Waals surface area contributed by atoms with Crippen molar-refractivity contribution in [3.63, 3.8) is 0 Å². The summed E-state index contributed by atoms with van der Waals surface area (Å²) in [6, 6.07) is 3.95. The first-order valence-electron chi connectivity index (χ1n) is 7.94. The summed E-state index contributed by atoms with van der Waals surface area (Å²) in [6.07, 6.45) is 4.46. The van der Waals surface area contributed by atoms with Gasteiger partial charge in [0.2, 0.25) is 5.91 Å². The Kier molecular flexibility index (Phi) is 3.35. The molecule has 1 amide bonds. The van der Waals surface area contributed by atoms with Gasteiger partial charge in [-0.2, -0.15) is 5.10 Å². The molecule has 0 spiro atoms. The Morgan fingerprint density at radius 1 is 1.27 bits per heavy atom. The smallest absolute Gasteiger partial charge is 0.240 e. The normalized spacial score (nSPS) is 23.6. The molecule has 22 heavy (non-hydrogen) atoms. The molecule has 1 fully saturated rings. The van der Waals surface area contributed by atoms with E-state index in [0.29, 0.717) is 13.0 Å². The van der Waals surface area contributed by atoms with E-state index in [0.717, 1.165) is 36.8 Å². The second-order valence-corrected chi connectivity index (χ2v) is 6.29. The fourth-order valence-electron chi connectivity index (χ4n) is 3.71. The van der Waals surface area contributed by atoms with Crippen LogP contribution in [0.5, 0.6) is 0 Å². The van der Waals surface area contributed by atoms with Crippen LogP contribution in [0.15, 0.2) is 18.3 Å². The number of carbonyl (C=O) groups is 1. The highest BCUT2D eigenvalue weighted by atomic mass is 16.2. The van der Waals surface area contributed by atoms with E-state index in [1.54, 1.807) is 0 Å². The SMILES string of the molecule is N[C@@H]1Cc2ccc3[nH]ncc3c2CN(C2CCNCC2)C1=O. The van der Waals surface area contributed by atoms with Crippen LogP contribution in [0, 0.1) is 0 Å². The van der Waals surface area contributed by atoms with Gasteiger partial charge in [0.1, 0.15) is 0 Å². The number of rotatable bonds is 1. The third-order valence-electron chi connectivity index (χ3n) is 4.95. The van der Waals surface area contributed by atoms with Gasteiger partial charge in [-0.05, 0) is 49.5 Å². The Morgan fingerprint density at radius 3 is 2.91 bits per heavy atom. The lowest BCUT2D eigenvalue weighted by molar-refractivity contribution is -0.135. The van der Waals surface area contributed by atoms with Gasteiger partial charge in [-0.1, -0.05) is 6.07 Å². The van der Waals surface area contributed by atoms with E-state index in [4.69, 9.17) is 5.73 Å². The number of fused-ring (bicyclic) bond motifs is 3. The Morgan fingerprint density at radius 2 is 2.09 bits per heavy atom. The summed E-state index contributed by atoms with van der Waals surface area (Å²) in [6.45, 7) is 2.57. The highest BCUT2D eigenvalue weighted by Gasteiger charge is 2.33. The average molecular weight is 299 g/mol. The lowest BCUT2D eigenvalue weighted by Crippen LogP contribution is -2.50. The first-order chi connectivity index (χ1) is 10.7. The molecule has 0 aliphatic carbocycles. The summed E-state index contributed by atoms with van der Waals surface area (Å²) in [4.78, 5) is 14.7. The summed E-state index contributed by atoms with van der Waals surface area (Å²) in [5, 5.41) is 11.6. The summed E-state index contributed by atoms with van der Waals surface area (Å²) in [7, 11) is 0. The van der Waals surface area contributed by atoms with Crippen LogP contribution in [-0.4, -0.2) is 46.2 Å². The molecule has 2 aliphatic heterocycles. The number of carbonyl (C=O) groups excluding carboxylic acids is 1. The molecule has 6 nitrogen and oxygen atoms in total. The van der Waals surface area contributed by atoms with Crippen LogP contribution < -0.4 is 11.1 Å². The van der Waals surface area contributed by atoms with Crippen molar-refractivity contribution in [3.8, 4) is 0 Å². The molecular weight excluding hydrogens is 278 g/mol. The van der Waals surface area contributed by atoms with Gasteiger partial charge in [-0.25, -0.2) is 0 Å². The molecule has 116 valence electrons. The number of benzene rings is 1. The predicted molar refractivity (Wildman–Crippen MR) is 84.2 cm³/mol. The Bertz CT molecular complexity index is 704. The molecule has 2 aromatic rings.